The summed E-state index contributed by atoms with van der Waals surface area (Å²) < 4.78 is 68.4. The largest absolute Gasteiger partial charge is 0.472 e. The van der Waals surface area contributed by atoms with Crippen molar-refractivity contribution < 1.29 is 80.2 Å². The van der Waals surface area contributed by atoms with E-state index < -0.39 is 97.5 Å². The summed E-state index contributed by atoms with van der Waals surface area (Å²) in [5.41, 5.74) is 0. The Bertz CT molecular complexity index is 1790. The zero-order chi connectivity index (χ0) is 68.4. The Kier molecular flexibility index (Phi) is 65.9. The molecule has 0 bridgehead atoms. The number of unbranched alkanes of at least 4 members (excludes halogenated alkanes) is 45. The number of aliphatic hydroxyl groups excluding tert-OH is 1. The second-order valence-electron chi connectivity index (χ2n) is 26.9. The first-order valence-electron chi connectivity index (χ1n) is 38.7. The Labute approximate surface area is 568 Å². The molecular formula is C74H144O17P2. The third kappa shape index (κ3) is 67.0. The van der Waals surface area contributed by atoms with Crippen molar-refractivity contribution in [2.45, 2.75) is 406 Å². The molecule has 0 saturated heterocycles. The van der Waals surface area contributed by atoms with Gasteiger partial charge in [-0.05, 0) is 31.6 Å². The number of aliphatic hydroxyl groups is 1. The molecule has 3 N–H and O–H groups in total. The Morgan fingerprint density at radius 3 is 0.763 bits per heavy atom. The molecule has 19 heteroatoms. The summed E-state index contributed by atoms with van der Waals surface area (Å²) >= 11 is 0. The Morgan fingerprint density at radius 1 is 0.301 bits per heavy atom. The minimum atomic E-state index is -4.95. The Morgan fingerprint density at radius 2 is 0.516 bits per heavy atom. The molecule has 0 saturated carbocycles. The van der Waals surface area contributed by atoms with E-state index in [4.69, 9.17) is 37.0 Å². The maximum absolute atomic E-state index is 13.1. The highest BCUT2D eigenvalue weighted by Gasteiger charge is 2.30. The van der Waals surface area contributed by atoms with Gasteiger partial charge in [0, 0.05) is 25.7 Å². The molecule has 0 fully saturated rings. The lowest BCUT2D eigenvalue weighted by Crippen LogP contribution is -2.30. The third-order valence-electron chi connectivity index (χ3n) is 17.6. The van der Waals surface area contributed by atoms with Crippen molar-refractivity contribution >= 4 is 39.5 Å². The maximum Gasteiger partial charge on any atom is 0.472 e. The number of phosphoric acid groups is 2. The molecule has 0 spiro atoms. The zero-order valence-electron chi connectivity index (χ0n) is 60.4. The van der Waals surface area contributed by atoms with Crippen LogP contribution in [-0.2, 0) is 65.4 Å². The predicted octanol–water partition coefficient (Wildman–Crippen LogP) is 21.7. The summed E-state index contributed by atoms with van der Waals surface area (Å²) in [4.78, 5) is 72.6. The summed E-state index contributed by atoms with van der Waals surface area (Å²) in [7, 11) is -9.90. The molecule has 0 aliphatic heterocycles. The molecule has 0 amide bonds. The summed E-state index contributed by atoms with van der Waals surface area (Å²) in [5.74, 6) is -1.27. The van der Waals surface area contributed by atoms with Gasteiger partial charge in [-0.2, -0.15) is 0 Å². The summed E-state index contributed by atoms with van der Waals surface area (Å²) in [6.45, 7) is 7.31. The Hall–Kier alpha value is -1.94. The fourth-order valence-corrected chi connectivity index (χ4v) is 12.9. The predicted molar refractivity (Wildman–Crippen MR) is 377 cm³/mol. The fourth-order valence-electron chi connectivity index (χ4n) is 11.3. The minimum absolute atomic E-state index is 0.107. The van der Waals surface area contributed by atoms with Gasteiger partial charge < -0.3 is 33.8 Å². The normalized spacial score (nSPS) is 14.3. The zero-order valence-corrected chi connectivity index (χ0v) is 62.2. The van der Waals surface area contributed by atoms with E-state index in [0.29, 0.717) is 25.7 Å². The van der Waals surface area contributed by atoms with Crippen LogP contribution in [0.4, 0.5) is 0 Å². The summed E-state index contributed by atoms with van der Waals surface area (Å²) in [6.07, 6.45) is 55.4. The summed E-state index contributed by atoms with van der Waals surface area (Å²) in [5, 5.41) is 10.6. The van der Waals surface area contributed by atoms with Gasteiger partial charge in [0.05, 0.1) is 26.4 Å². The van der Waals surface area contributed by atoms with E-state index in [1.807, 2.05) is 0 Å². The van der Waals surface area contributed by atoms with Crippen LogP contribution >= 0.6 is 15.6 Å². The van der Waals surface area contributed by atoms with Crippen molar-refractivity contribution in [1.82, 2.24) is 0 Å². The van der Waals surface area contributed by atoms with Gasteiger partial charge in [0.1, 0.15) is 19.3 Å². The van der Waals surface area contributed by atoms with Crippen LogP contribution in [0.3, 0.4) is 0 Å². The average molecular weight is 1370 g/mol. The fraction of sp³-hybridized carbons (Fsp3) is 0.946. The molecule has 0 heterocycles. The third-order valence-corrected chi connectivity index (χ3v) is 19.5. The molecule has 0 radical (unpaired) electrons. The quantitative estimate of drug-likeness (QED) is 0.0222. The van der Waals surface area contributed by atoms with Gasteiger partial charge in [0.25, 0.3) is 0 Å². The number of hydrogen-bond donors (Lipinski definition) is 3. The van der Waals surface area contributed by atoms with Gasteiger partial charge >= 0.3 is 39.5 Å². The van der Waals surface area contributed by atoms with Crippen molar-refractivity contribution in [1.29, 1.82) is 0 Å². The number of carbonyl (C=O) groups excluding carboxylic acids is 4. The van der Waals surface area contributed by atoms with Gasteiger partial charge in [0.2, 0.25) is 0 Å². The highest BCUT2D eigenvalue weighted by molar-refractivity contribution is 7.47. The smallest absolute Gasteiger partial charge is 0.462 e. The number of phosphoric ester groups is 2. The molecule has 0 aromatic rings. The molecule has 17 nitrogen and oxygen atoms in total. The highest BCUT2D eigenvalue weighted by Crippen LogP contribution is 2.45. The van der Waals surface area contributed by atoms with Gasteiger partial charge in [0.15, 0.2) is 12.2 Å². The molecule has 0 aromatic heterocycles. The van der Waals surface area contributed by atoms with Crippen molar-refractivity contribution in [2.24, 2.45) is 5.92 Å². The van der Waals surface area contributed by atoms with Crippen LogP contribution in [0.2, 0.25) is 0 Å². The molecule has 93 heavy (non-hydrogen) atoms. The second-order valence-corrected chi connectivity index (χ2v) is 29.8. The molecule has 0 aliphatic carbocycles. The number of ether oxygens (including phenoxy) is 4. The van der Waals surface area contributed by atoms with E-state index in [1.54, 1.807) is 0 Å². The van der Waals surface area contributed by atoms with Gasteiger partial charge in [-0.1, -0.05) is 336 Å². The molecule has 0 rings (SSSR count). The lowest BCUT2D eigenvalue weighted by molar-refractivity contribution is -0.161. The highest BCUT2D eigenvalue weighted by atomic mass is 31.2. The lowest BCUT2D eigenvalue weighted by Gasteiger charge is -2.21. The van der Waals surface area contributed by atoms with Crippen molar-refractivity contribution in [2.75, 3.05) is 39.6 Å². The van der Waals surface area contributed by atoms with E-state index in [1.165, 1.54) is 212 Å². The van der Waals surface area contributed by atoms with Crippen molar-refractivity contribution in [3.05, 3.63) is 0 Å². The first-order chi connectivity index (χ1) is 45.1. The monoisotopic (exact) mass is 1370 g/mol. The average Bonchev–Trinajstić information content (AvgIpc) is 2.59. The van der Waals surface area contributed by atoms with Crippen molar-refractivity contribution in [3.8, 4) is 0 Å². The topological polar surface area (TPSA) is 237 Å². The van der Waals surface area contributed by atoms with Crippen LogP contribution in [0.5, 0.6) is 0 Å². The number of rotatable bonds is 74. The van der Waals surface area contributed by atoms with E-state index in [0.717, 1.165) is 95.8 Å². The van der Waals surface area contributed by atoms with Gasteiger partial charge in [-0.3, -0.25) is 37.3 Å². The first-order valence-corrected chi connectivity index (χ1v) is 41.7. The van der Waals surface area contributed by atoms with Crippen LogP contribution in [0.15, 0.2) is 0 Å². The number of hydrogen-bond acceptors (Lipinski definition) is 15. The molecule has 0 aliphatic rings. The maximum atomic E-state index is 13.1. The van der Waals surface area contributed by atoms with E-state index >= 15 is 0 Å². The molecule has 3 unspecified atom stereocenters. The molecule has 552 valence electrons. The second kappa shape index (κ2) is 67.3. The lowest BCUT2D eigenvalue weighted by atomic mass is 9.99. The molecule has 6 atom stereocenters. The van der Waals surface area contributed by atoms with Crippen LogP contribution < -0.4 is 0 Å². The van der Waals surface area contributed by atoms with Crippen LogP contribution in [0.25, 0.3) is 0 Å². The molecular weight excluding hydrogens is 1220 g/mol. The minimum Gasteiger partial charge on any atom is -0.462 e. The van der Waals surface area contributed by atoms with Crippen LogP contribution in [0.1, 0.15) is 388 Å². The van der Waals surface area contributed by atoms with E-state index in [-0.39, 0.29) is 25.7 Å². The number of esters is 4. The van der Waals surface area contributed by atoms with Crippen molar-refractivity contribution in [3.63, 3.8) is 0 Å². The molecule has 0 aromatic carbocycles. The van der Waals surface area contributed by atoms with E-state index in [2.05, 4.69) is 34.6 Å². The van der Waals surface area contributed by atoms with Gasteiger partial charge in [-0.15, -0.1) is 0 Å². The van der Waals surface area contributed by atoms with Crippen LogP contribution in [-0.4, -0.2) is 96.7 Å². The SMILES string of the molecule is CCCCCCCCCCCCCCCCCCC(=O)OC[C@H](COP(=O)(O)OC[C@@H](O)COP(=O)(O)OC[C@@H](COC(=O)CCCCCCCCCCC)OC(=O)CCCCCCCCCCCC)OC(=O)CCCCCCCCCCCCCCCCC(C)CC. The summed E-state index contributed by atoms with van der Waals surface area (Å²) in [6, 6.07) is 0. The number of carbonyl (C=O) groups is 4. The first kappa shape index (κ1) is 91.1. The van der Waals surface area contributed by atoms with Gasteiger partial charge in [-0.25, -0.2) is 9.13 Å². The van der Waals surface area contributed by atoms with Crippen LogP contribution in [0, 0.1) is 5.92 Å². The van der Waals surface area contributed by atoms with E-state index in [9.17, 15) is 43.2 Å². The Balaban J connectivity index is 5.21. The standard InChI is InChI=1S/C74H144O17P2/c1-6-10-13-16-19-22-24-25-26-27-31-34-39-43-48-53-58-72(77)85-64-70(91-74(79)60-55-50-45-40-35-32-29-28-30-33-37-41-46-51-56-67(5)9-4)66-89-93(82,83)87-62-68(75)61-86-92(80,81)88-65-69(63-84-71(76)57-52-47-42-36-21-18-15-12-8-3)90-73(78)59-54-49-44-38-23-20-17-14-11-7-2/h67-70,75H,6-66H2,1-5H3,(H,80,81)(H,82,83)/t67?,68-,69+,70+/m0/s1.